The zero-order valence-corrected chi connectivity index (χ0v) is 10.7. The minimum atomic E-state index is -1.17. The molecule has 0 aliphatic heterocycles. The van der Waals surface area contributed by atoms with Gasteiger partial charge in [0.05, 0.1) is 5.69 Å². The minimum absolute atomic E-state index is 0.163. The quantitative estimate of drug-likeness (QED) is 0.856. The standard InChI is InChI=1S/C12H17N3O3/c1-8(2)7-15(3)12(18)14-9-5-4-6-13-10(9)11(16)17/h4-6,8H,7H2,1-3H3,(H,14,18)(H,16,17). The van der Waals surface area contributed by atoms with Crippen molar-refractivity contribution in [2.75, 3.05) is 18.9 Å². The lowest BCUT2D eigenvalue weighted by Gasteiger charge is -2.20. The molecule has 98 valence electrons. The molecular weight excluding hydrogens is 234 g/mol. The molecule has 0 radical (unpaired) electrons. The molecule has 0 saturated carbocycles. The summed E-state index contributed by atoms with van der Waals surface area (Å²) in [6.07, 6.45) is 1.37. The van der Waals surface area contributed by atoms with Crippen LogP contribution in [-0.4, -0.2) is 40.6 Å². The van der Waals surface area contributed by atoms with E-state index in [1.54, 1.807) is 13.1 Å². The van der Waals surface area contributed by atoms with E-state index in [0.717, 1.165) is 0 Å². The maximum atomic E-state index is 11.8. The number of pyridine rings is 1. The average molecular weight is 251 g/mol. The van der Waals surface area contributed by atoms with Crippen molar-refractivity contribution in [2.24, 2.45) is 5.92 Å². The number of aromatic nitrogens is 1. The van der Waals surface area contributed by atoms with E-state index in [4.69, 9.17) is 5.11 Å². The molecule has 1 aromatic heterocycles. The fraction of sp³-hybridized carbons (Fsp3) is 0.417. The summed E-state index contributed by atoms with van der Waals surface area (Å²) in [6.45, 7) is 4.58. The molecule has 2 N–H and O–H groups in total. The average Bonchev–Trinajstić information content (AvgIpc) is 2.28. The van der Waals surface area contributed by atoms with Gasteiger partial charge in [0, 0.05) is 19.8 Å². The highest BCUT2D eigenvalue weighted by Gasteiger charge is 2.15. The lowest BCUT2D eigenvalue weighted by molar-refractivity contribution is 0.0691. The smallest absolute Gasteiger partial charge is 0.356 e. The molecule has 0 bridgehead atoms. The third kappa shape index (κ3) is 3.73. The lowest BCUT2D eigenvalue weighted by atomic mass is 10.2. The summed E-state index contributed by atoms with van der Waals surface area (Å²) in [4.78, 5) is 28.0. The molecule has 0 aliphatic carbocycles. The van der Waals surface area contributed by atoms with E-state index in [9.17, 15) is 9.59 Å². The maximum absolute atomic E-state index is 11.8. The fourth-order valence-electron chi connectivity index (χ4n) is 1.52. The summed E-state index contributed by atoms with van der Waals surface area (Å²) in [5.74, 6) is -0.828. The first-order valence-electron chi connectivity index (χ1n) is 5.62. The van der Waals surface area contributed by atoms with Crippen LogP contribution in [0.3, 0.4) is 0 Å². The molecule has 1 rings (SSSR count). The Morgan fingerprint density at radius 1 is 1.50 bits per heavy atom. The van der Waals surface area contributed by atoms with Gasteiger partial charge >= 0.3 is 12.0 Å². The SMILES string of the molecule is CC(C)CN(C)C(=O)Nc1cccnc1C(=O)O. The molecule has 0 saturated heterocycles. The molecule has 1 aromatic rings. The van der Waals surface area contributed by atoms with Gasteiger partial charge in [0.15, 0.2) is 5.69 Å². The van der Waals surface area contributed by atoms with Crippen LogP contribution in [-0.2, 0) is 0 Å². The van der Waals surface area contributed by atoms with Crippen LogP contribution in [0.5, 0.6) is 0 Å². The van der Waals surface area contributed by atoms with Crippen LogP contribution in [0.2, 0.25) is 0 Å². The molecular formula is C12H17N3O3. The van der Waals surface area contributed by atoms with E-state index in [0.29, 0.717) is 12.5 Å². The zero-order chi connectivity index (χ0) is 13.7. The minimum Gasteiger partial charge on any atom is -0.476 e. The Balaban J connectivity index is 2.79. The number of rotatable bonds is 4. The number of carboxylic acids is 1. The van der Waals surface area contributed by atoms with Crippen LogP contribution in [0.4, 0.5) is 10.5 Å². The number of hydrogen-bond donors (Lipinski definition) is 2. The number of carbonyl (C=O) groups excluding carboxylic acids is 1. The number of carboxylic acid groups (broad SMARTS) is 1. The van der Waals surface area contributed by atoms with Gasteiger partial charge in [-0.15, -0.1) is 0 Å². The lowest BCUT2D eigenvalue weighted by Crippen LogP contribution is -2.34. The van der Waals surface area contributed by atoms with E-state index in [-0.39, 0.29) is 17.4 Å². The zero-order valence-electron chi connectivity index (χ0n) is 10.7. The number of nitrogens with one attached hydrogen (secondary N) is 1. The van der Waals surface area contributed by atoms with Crippen LogP contribution < -0.4 is 5.32 Å². The van der Waals surface area contributed by atoms with E-state index in [2.05, 4.69) is 10.3 Å². The van der Waals surface area contributed by atoms with E-state index < -0.39 is 5.97 Å². The van der Waals surface area contributed by atoms with Gasteiger partial charge in [-0.05, 0) is 18.1 Å². The number of hydrogen-bond acceptors (Lipinski definition) is 3. The second-order valence-corrected chi connectivity index (χ2v) is 4.41. The first-order chi connectivity index (χ1) is 8.41. The van der Waals surface area contributed by atoms with Gasteiger partial charge in [-0.25, -0.2) is 14.6 Å². The van der Waals surface area contributed by atoms with Crippen molar-refractivity contribution in [1.29, 1.82) is 0 Å². The summed E-state index contributed by atoms with van der Waals surface area (Å²) in [5, 5.41) is 11.5. The van der Waals surface area contributed by atoms with Gasteiger partial charge < -0.3 is 15.3 Å². The van der Waals surface area contributed by atoms with Crippen molar-refractivity contribution in [1.82, 2.24) is 9.88 Å². The highest BCUT2D eigenvalue weighted by Crippen LogP contribution is 2.12. The highest BCUT2D eigenvalue weighted by atomic mass is 16.4. The third-order valence-corrected chi connectivity index (χ3v) is 2.24. The van der Waals surface area contributed by atoms with Crippen LogP contribution in [0.25, 0.3) is 0 Å². The van der Waals surface area contributed by atoms with Gasteiger partial charge in [-0.2, -0.15) is 0 Å². The second kappa shape index (κ2) is 6.00. The monoisotopic (exact) mass is 251 g/mol. The van der Waals surface area contributed by atoms with Crippen LogP contribution >= 0.6 is 0 Å². The Labute approximate surface area is 106 Å². The molecule has 1 heterocycles. The summed E-state index contributed by atoms with van der Waals surface area (Å²) in [7, 11) is 1.66. The Bertz CT molecular complexity index is 446. The topological polar surface area (TPSA) is 82.5 Å². The molecule has 2 amide bonds. The first-order valence-corrected chi connectivity index (χ1v) is 5.62. The molecule has 0 unspecified atom stereocenters. The van der Waals surface area contributed by atoms with E-state index in [1.807, 2.05) is 13.8 Å². The van der Waals surface area contributed by atoms with Crippen molar-refractivity contribution in [3.63, 3.8) is 0 Å². The number of anilines is 1. The van der Waals surface area contributed by atoms with Crippen LogP contribution in [0, 0.1) is 5.92 Å². The molecule has 0 spiro atoms. The van der Waals surface area contributed by atoms with Gasteiger partial charge in [-0.1, -0.05) is 13.8 Å². The predicted octanol–water partition coefficient (Wildman–Crippen LogP) is 1.90. The summed E-state index contributed by atoms with van der Waals surface area (Å²) in [6, 6.07) is 2.74. The van der Waals surface area contributed by atoms with E-state index >= 15 is 0 Å². The molecule has 6 nitrogen and oxygen atoms in total. The van der Waals surface area contributed by atoms with Crippen molar-refractivity contribution in [3.05, 3.63) is 24.0 Å². The second-order valence-electron chi connectivity index (χ2n) is 4.41. The van der Waals surface area contributed by atoms with Crippen molar-refractivity contribution < 1.29 is 14.7 Å². The largest absolute Gasteiger partial charge is 0.476 e. The number of aromatic carboxylic acids is 1. The van der Waals surface area contributed by atoms with Crippen molar-refractivity contribution >= 4 is 17.7 Å². The number of nitrogens with zero attached hydrogens (tertiary/aromatic N) is 2. The first kappa shape index (κ1) is 14.0. The summed E-state index contributed by atoms with van der Waals surface area (Å²) >= 11 is 0. The summed E-state index contributed by atoms with van der Waals surface area (Å²) < 4.78 is 0. The predicted molar refractivity (Wildman–Crippen MR) is 67.7 cm³/mol. The Hall–Kier alpha value is -2.11. The van der Waals surface area contributed by atoms with Crippen LogP contribution in [0.1, 0.15) is 24.3 Å². The van der Waals surface area contributed by atoms with Gasteiger partial charge in [0.1, 0.15) is 0 Å². The maximum Gasteiger partial charge on any atom is 0.356 e. The molecule has 0 atom stereocenters. The molecule has 0 aromatic carbocycles. The number of amides is 2. The molecule has 0 aliphatic rings. The van der Waals surface area contributed by atoms with E-state index in [1.165, 1.54) is 17.2 Å². The van der Waals surface area contributed by atoms with Crippen molar-refractivity contribution in [2.45, 2.75) is 13.8 Å². The molecule has 0 fully saturated rings. The Kier molecular flexibility index (Phi) is 4.65. The Morgan fingerprint density at radius 3 is 2.72 bits per heavy atom. The van der Waals surface area contributed by atoms with Crippen molar-refractivity contribution in [3.8, 4) is 0 Å². The summed E-state index contributed by atoms with van der Waals surface area (Å²) in [5.41, 5.74) is 0.0365. The molecule has 18 heavy (non-hydrogen) atoms. The fourth-order valence-corrected chi connectivity index (χ4v) is 1.52. The Morgan fingerprint density at radius 2 is 2.17 bits per heavy atom. The third-order valence-electron chi connectivity index (χ3n) is 2.24. The van der Waals surface area contributed by atoms with Gasteiger partial charge in [0.2, 0.25) is 0 Å². The number of carbonyl (C=O) groups is 2. The van der Waals surface area contributed by atoms with Gasteiger partial charge in [-0.3, -0.25) is 0 Å². The number of urea groups is 1. The van der Waals surface area contributed by atoms with Crippen LogP contribution in [0.15, 0.2) is 18.3 Å². The highest BCUT2D eigenvalue weighted by molar-refractivity contribution is 5.98. The van der Waals surface area contributed by atoms with Gasteiger partial charge in [0.25, 0.3) is 0 Å². The molecule has 6 heteroatoms. The normalized spacial score (nSPS) is 10.2.